The maximum Gasteiger partial charge on any atom is 0.174 e. The fraction of sp³-hybridized carbons (Fsp3) is 0.250. The highest BCUT2D eigenvalue weighted by molar-refractivity contribution is 14.1. The Labute approximate surface area is 256 Å². The predicted molar refractivity (Wildman–Crippen MR) is 178 cm³/mol. The van der Waals surface area contributed by atoms with Crippen LogP contribution >= 0.6 is 22.6 Å². The molecule has 0 radical (unpaired) electrons. The van der Waals surface area contributed by atoms with E-state index in [0.29, 0.717) is 25.0 Å². The number of ether oxygens (including phenoxy) is 2. The minimum Gasteiger partial charge on any atom is -0.490 e. The number of aliphatic imine (C=N–C) groups is 1. The molecule has 0 spiro atoms. The van der Waals surface area contributed by atoms with Crippen molar-refractivity contribution in [3.8, 4) is 11.5 Å². The first-order valence-electron chi connectivity index (χ1n) is 14.4. The number of benzene rings is 4. The molecule has 0 aliphatic carbocycles. The highest BCUT2D eigenvalue weighted by atomic mass is 127. The Balaban J connectivity index is 1.44. The molecule has 0 bridgehead atoms. The average Bonchev–Trinajstić information content (AvgIpc) is 3.01. The van der Waals surface area contributed by atoms with Crippen LogP contribution in [-0.4, -0.2) is 32.5 Å². The predicted octanol–water partition coefficient (Wildman–Crippen LogP) is 8.88. The summed E-state index contributed by atoms with van der Waals surface area (Å²) in [6, 6.07) is 30.7. The molecule has 0 amide bonds. The standard InChI is InChI=1S/C36H35IN2O2/c1-3-19-41-36-33(37)20-25(21-34(36)40-4-2)24-38-28-22-31-29(26-11-7-5-8-12-26)15-17-39-18-16-30(32(23-28)35(31)39)27-13-9-6-10-14-27/h3,5-14,20-24,29-30H,1,4,15-19H2,2H3/t29-,30-/m1/s1. The molecule has 2 aliphatic heterocycles. The second kappa shape index (κ2) is 12.5. The Morgan fingerprint density at radius 1 is 0.878 bits per heavy atom. The van der Waals surface area contributed by atoms with Gasteiger partial charge in [-0.2, -0.15) is 0 Å². The summed E-state index contributed by atoms with van der Waals surface area (Å²) >= 11 is 2.31. The Morgan fingerprint density at radius 2 is 1.49 bits per heavy atom. The zero-order valence-corrected chi connectivity index (χ0v) is 25.6. The van der Waals surface area contributed by atoms with Gasteiger partial charge in [0.05, 0.1) is 15.9 Å². The molecule has 2 aliphatic rings. The lowest BCUT2D eigenvalue weighted by molar-refractivity contribution is 0.295. The molecule has 2 atom stereocenters. The zero-order chi connectivity index (χ0) is 28.2. The molecule has 41 heavy (non-hydrogen) atoms. The summed E-state index contributed by atoms with van der Waals surface area (Å²) in [6.07, 6.45) is 5.93. The number of hydrogen-bond donors (Lipinski definition) is 0. The maximum atomic E-state index is 5.93. The number of nitrogens with zero attached hydrogens (tertiary/aromatic N) is 2. The lowest BCUT2D eigenvalue weighted by atomic mass is 9.76. The summed E-state index contributed by atoms with van der Waals surface area (Å²) in [5.41, 5.74) is 8.93. The molecule has 4 aromatic carbocycles. The molecule has 4 aromatic rings. The van der Waals surface area contributed by atoms with Crippen molar-refractivity contribution in [1.29, 1.82) is 0 Å². The van der Waals surface area contributed by atoms with E-state index in [9.17, 15) is 0 Å². The first-order valence-corrected chi connectivity index (χ1v) is 15.5. The van der Waals surface area contributed by atoms with E-state index in [1.807, 2.05) is 19.2 Å². The average molecular weight is 655 g/mol. The Morgan fingerprint density at radius 3 is 2.05 bits per heavy atom. The monoisotopic (exact) mass is 654 g/mol. The van der Waals surface area contributed by atoms with E-state index in [0.717, 1.165) is 52.3 Å². The van der Waals surface area contributed by atoms with Crippen molar-refractivity contribution in [3.05, 3.63) is 129 Å². The van der Waals surface area contributed by atoms with Crippen molar-refractivity contribution in [2.45, 2.75) is 31.6 Å². The summed E-state index contributed by atoms with van der Waals surface area (Å²) in [5.74, 6) is 2.20. The van der Waals surface area contributed by atoms with Gasteiger partial charge in [0, 0.05) is 36.8 Å². The van der Waals surface area contributed by atoms with Gasteiger partial charge in [0.1, 0.15) is 6.61 Å². The SMILES string of the molecule is C=CCOc1c(I)cc(C=Nc2cc3c4c(c2)[C@@H](c2ccccc2)CCN4CC[C@@H]3c2ccccc2)cc1OCC. The lowest BCUT2D eigenvalue weighted by Crippen LogP contribution is -2.37. The molecule has 0 unspecified atom stereocenters. The van der Waals surface area contributed by atoms with Crippen LogP contribution in [0, 0.1) is 3.57 Å². The van der Waals surface area contributed by atoms with Crippen LogP contribution in [-0.2, 0) is 0 Å². The maximum absolute atomic E-state index is 5.93. The zero-order valence-electron chi connectivity index (χ0n) is 23.4. The summed E-state index contributed by atoms with van der Waals surface area (Å²) < 4.78 is 12.8. The molecule has 0 saturated heterocycles. The van der Waals surface area contributed by atoms with Crippen LogP contribution in [0.5, 0.6) is 11.5 Å². The van der Waals surface area contributed by atoms with Crippen LogP contribution in [0.2, 0.25) is 0 Å². The molecule has 0 saturated carbocycles. The van der Waals surface area contributed by atoms with E-state index in [4.69, 9.17) is 14.5 Å². The summed E-state index contributed by atoms with van der Waals surface area (Å²) in [5, 5.41) is 0. The number of halogens is 1. The Bertz CT molecular complexity index is 1480. The van der Waals surface area contributed by atoms with E-state index in [1.165, 1.54) is 27.9 Å². The van der Waals surface area contributed by atoms with Crippen LogP contribution in [0.25, 0.3) is 0 Å². The second-order valence-electron chi connectivity index (χ2n) is 10.6. The van der Waals surface area contributed by atoms with Gasteiger partial charge in [-0.3, -0.25) is 4.99 Å². The van der Waals surface area contributed by atoms with E-state index >= 15 is 0 Å². The third-order valence-corrected chi connectivity index (χ3v) is 8.84. The van der Waals surface area contributed by atoms with Crippen molar-refractivity contribution in [1.82, 2.24) is 0 Å². The Kier molecular flexibility index (Phi) is 8.42. The highest BCUT2D eigenvalue weighted by Crippen LogP contribution is 2.50. The normalized spacial score (nSPS) is 17.8. The first-order chi connectivity index (χ1) is 20.2. The summed E-state index contributed by atoms with van der Waals surface area (Å²) in [4.78, 5) is 7.68. The quantitative estimate of drug-likeness (QED) is 0.103. The smallest absolute Gasteiger partial charge is 0.174 e. The fourth-order valence-corrected chi connectivity index (χ4v) is 7.05. The van der Waals surface area contributed by atoms with Gasteiger partial charge in [0.2, 0.25) is 0 Å². The van der Waals surface area contributed by atoms with Crippen molar-refractivity contribution < 1.29 is 9.47 Å². The molecule has 0 fully saturated rings. The van der Waals surface area contributed by atoms with Crippen LogP contribution in [0.3, 0.4) is 0 Å². The van der Waals surface area contributed by atoms with Gasteiger partial charge in [0.25, 0.3) is 0 Å². The van der Waals surface area contributed by atoms with Gasteiger partial charge >= 0.3 is 0 Å². The van der Waals surface area contributed by atoms with Crippen molar-refractivity contribution in [3.63, 3.8) is 0 Å². The van der Waals surface area contributed by atoms with Gasteiger partial charge < -0.3 is 14.4 Å². The van der Waals surface area contributed by atoms with E-state index in [1.54, 1.807) is 6.08 Å². The summed E-state index contributed by atoms with van der Waals surface area (Å²) in [6.45, 7) is 8.93. The molecule has 6 rings (SSSR count). The molecule has 0 N–H and O–H groups in total. The largest absolute Gasteiger partial charge is 0.490 e. The Hall–Kier alpha value is -3.58. The van der Waals surface area contributed by atoms with Crippen molar-refractivity contribution in [2.75, 3.05) is 31.2 Å². The molecule has 208 valence electrons. The molecule has 0 aromatic heterocycles. The molecule has 2 heterocycles. The minimum atomic E-state index is 0.359. The van der Waals surface area contributed by atoms with Gasteiger partial charge in [-0.05, 0) is 94.4 Å². The third-order valence-electron chi connectivity index (χ3n) is 8.04. The topological polar surface area (TPSA) is 34.1 Å². The van der Waals surface area contributed by atoms with Gasteiger partial charge in [-0.25, -0.2) is 0 Å². The number of hydrogen-bond acceptors (Lipinski definition) is 4. The molecular weight excluding hydrogens is 619 g/mol. The first kappa shape index (κ1) is 27.6. The molecule has 5 heteroatoms. The van der Waals surface area contributed by atoms with Crippen LogP contribution < -0.4 is 14.4 Å². The van der Waals surface area contributed by atoms with E-state index in [-0.39, 0.29) is 0 Å². The summed E-state index contributed by atoms with van der Waals surface area (Å²) in [7, 11) is 0. The van der Waals surface area contributed by atoms with Crippen LogP contribution in [0.1, 0.15) is 59.4 Å². The van der Waals surface area contributed by atoms with E-state index < -0.39 is 0 Å². The number of anilines is 1. The second-order valence-corrected chi connectivity index (χ2v) is 11.7. The lowest BCUT2D eigenvalue weighted by Gasteiger charge is -2.43. The molecular formula is C36H35IN2O2. The van der Waals surface area contributed by atoms with Gasteiger partial charge in [-0.1, -0.05) is 73.3 Å². The van der Waals surface area contributed by atoms with Crippen molar-refractivity contribution in [2.24, 2.45) is 4.99 Å². The van der Waals surface area contributed by atoms with Gasteiger partial charge in [0.15, 0.2) is 11.5 Å². The van der Waals surface area contributed by atoms with Crippen molar-refractivity contribution >= 4 is 40.2 Å². The molecule has 4 nitrogen and oxygen atoms in total. The third kappa shape index (κ3) is 5.78. The minimum absolute atomic E-state index is 0.359. The van der Waals surface area contributed by atoms with Crippen LogP contribution in [0.4, 0.5) is 11.4 Å². The van der Waals surface area contributed by atoms with Crippen LogP contribution in [0.15, 0.2) is 103 Å². The fourth-order valence-electron chi connectivity index (χ4n) is 6.27. The van der Waals surface area contributed by atoms with Gasteiger partial charge in [-0.15, -0.1) is 0 Å². The number of rotatable bonds is 9. The highest BCUT2D eigenvalue weighted by Gasteiger charge is 2.35. The van der Waals surface area contributed by atoms with E-state index in [2.05, 4.69) is 113 Å².